The lowest BCUT2D eigenvalue weighted by molar-refractivity contribution is 0.105. The second-order valence-corrected chi connectivity index (χ2v) is 5.68. The van der Waals surface area contributed by atoms with Gasteiger partial charge in [0, 0.05) is 31.9 Å². The molecule has 0 atom stereocenters. The van der Waals surface area contributed by atoms with Gasteiger partial charge in [0.1, 0.15) is 0 Å². The number of hydrogen-bond donors (Lipinski definition) is 2. The minimum Gasteiger partial charge on any atom is -0.450 e. The van der Waals surface area contributed by atoms with Crippen LogP contribution in [0.5, 0.6) is 0 Å². The lowest BCUT2D eigenvalue weighted by Gasteiger charge is -2.35. The van der Waals surface area contributed by atoms with E-state index < -0.39 is 0 Å². The number of nitrogens with zero attached hydrogens (tertiary/aromatic N) is 2. The van der Waals surface area contributed by atoms with E-state index in [-0.39, 0.29) is 11.2 Å². The van der Waals surface area contributed by atoms with Gasteiger partial charge in [0.2, 0.25) is 0 Å². The van der Waals surface area contributed by atoms with Gasteiger partial charge in [0.15, 0.2) is 5.11 Å². The van der Waals surface area contributed by atoms with Crippen LogP contribution in [0.4, 0.5) is 16.2 Å². The summed E-state index contributed by atoms with van der Waals surface area (Å²) in [6.45, 7) is 4.84. The van der Waals surface area contributed by atoms with Crippen molar-refractivity contribution in [3.63, 3.8) is 0 Å². The van der Waals surface area contributed by atoms with E-state index in [9.17, 15) is 4.79 Å². The molecule has 22 heavy (non-hydrogen) atoms. The van der Waals surface area contributed by atoms with Gasteiger partial charge < -0.3 is 25.6 Å². The molecule has 1 fully saturated rings. The van der Waals surface area contributed by atoms with Crippen LogP contribution in [0.1, 0.15) is 6.92 Å². The van der Waals surface area contributed by atoms with E-state index >= 15 is 0 Å². The Kier molecular flexibility index (Phi) is 5.68. The Morgan fingerprint density at radius 2 is 2.09 bits per heavy atom. The Bertz CT molecular complexity index is 562. The van der Waals surface area contributed by atoms with Gasteiger partial charge in [-0.2, -0.15) is 0 Å². The number of nitrogens with one attached hydrogen (secondary N) is 1. The molecule has 0 radical (unpaired) electrons. The van der Waals surface area contributed by atoms with Gasteiger partial charge in [0.25, 0.3) is 0 Å². The van der Waals surface area contributed by atoms with Crippen molar-refractivity contribution < 1.29 is 9.53 Å². The van der Waals surface area contributed by atoms with Crippen LogP contribution in [0.2, 0.25) is 5.02 Å². The summed E-state index contributed by atoms with van der Waals surface area (Å²) in [5, 5.41) is 3.67. The molecule has 120 valence electrons. The summed E-state index contributed by atoms with van der Waals surface area (Å²) in [5.74, 6) is 0. The van der Waals surface area contributed by atoms with Crippen molar-refractivity contribution in [3.8, 4) is 0 Å². The highest BCUT2D eigenvalue weighted by Crippen LogP contribution is 2.29. The van der Waals surface area contributed by atoms with E-state index in [2.05, 4.69) is 10.2 Å². The average Bonchev–Trinajstić information content (AvgIpc) is 2.47. The number of rotatable bonds is 3. The average molecular weight is 343 g/mol. The number of thiocarbonyl (C=S) groups is 1. The molecule has 3 N–H and O–H groups in total. The van der Waals surface area contributed by atoms with Crippen molar-refractivity contribution in [2.45, 2.75) is 6.92 Å². The number of anilines is 2. The predicted molar refractivity (Wildman–Crippen MR) is 92.7 cm³/mol. The first-order valence-electron chi connectivity index (χ1n) is 7.04. The molecular weight excluding hydrogens is 324 g/mol. The summed E-state index contributed by atoms with van der Waals surface area (Å²) < 4.78 is 5.01. The van der Waals surface area contributed by atoms with Crippen LogP contribution < -0.4 is 16.0 Å². The van der Waals surface area contributed by atoms with Gasteiger partial charge in [0.05, 0.1) is 17.3 Å². The van der Waals surface area contributed by atoms with Crippen molar-refractivity contribution in [1.29, 1.82) is 0 Å². The quantitative estimate of drug-likeness (QED) is 0.821. The van der Waals surface area contributed by atoms with E-state index in [0.29, 0.717) is 37.8 Å². The van der Waals surface area contributed by atoms with Crippen LogP contribution in [0.3, 0.4) is 0 Å². The van der Waals surface area contributed by atoms with Crippen LogP contribution in [0, 0.1) is 0 Å². The first kappa shape index (κ1) is 16.6. The zero-order valence-electron chi connectivity index (χ0n) is 12.3. The summed E-state index contributed by atoms with van der Waals surface area (Å²) in [6, 6.07) is 5.58. The maximum Gasteiger partial charge on any atom is 0.409 e. The third-order valence-electron chi connectivity index (χ3n) is 3.36. The van der Waals surface area contributed by atoms with Crippen molar-refractivity contribution in [3.05, 3.63) is 23.2 Å². The van der Waals surface area contributed by atoms with E-state index in [1.54, 1.807) is 17.9 Å². The number of amides is 1. The summed E-state index contributed by atoms with van der Waals surface area (Å²) in [4.78, 5) is 15.5. The summed E-state index contributed by atoms with van der Waals surface area (Å²) in [6.07, 6.45) is -0.260. The number of halogens is 1. The minimum atomic E-state index is -0.260. The fourth-order valence-electron chi connectivity index (χ4n) is 2.33. The topological polar surface area (TPSA) is 70.8 Å². The van der Waals surface area contributed by atoms with Crippen LogP contribution >= 0.6 is 23.8 Å². The second-order valence-electron chi connectivity index (χ2n) is 4.83. The molecule has 0 aliphatic carbocycles. The van der Waals surface area contributed by atoms with E-state index in [0.717, 1.165) is 11.4 Å². The summed E-state index contributed by atoms with van der Waals surface area (Å²) in [7, 11) is 0. The molecule has 0 aromatic heterocycles. The van der Waals surface area contributed by atoms with Gasteiger partial charge in [-0.1, -0.05) is 11.6 Å². The first-order valence-corrected chi connectivity index (χ1v) is 7.82. The second kappa shape index (κ2) is 7.51. The van der Waals surface area contributed by atoms with Crippen molar-refractivity contribution in [1.82, 2.24) is 4.90 Å². The van der Waals surface area contributed by atoms with Crippen molar-refractivity contribution >= 4 is 46.4 Å². The molecule has 1 heterocycles. The van der Waals surface area contributed by atoms with Crippen molar-refractivity contribution in [2.24, 2.45) is 5.73 Å². The number of ether oxygens (including phenoxy) is 1. The van der Waals surface area contributed by atoms with Gasteiger partial charge in [-0.15, -0.1) is 0 Å². The van der Waals surface area contributed by atoms with Gasteiger partial charge >= 0.3 is 6.09 Å². The highest BCUT2D eigenvalue weighted by atomic mass is 35.5. The monoisotopic (exact) mass is 342 g/mol. The molecule has 1 saturated heterocycles. The highest BCUT2D eigenvalue weighted by molar-refractivity contribution is 7.80. The van der Waals surface area contributed by atoms with Crippen molar-refractivity contribution in [2.75, 3.05) is 43.0 Å². The number of carbonyl (C=O) groups is 1. The maximum absolute atomic E-state index is 11.7. The number of benzene rings is 1. The van der Waals surface area contributed by atoms with E-state index in [1.807, 2.05) is 12.1 Å². The summed E-state index contributed by atoms with van der Waals surface area (Å²) in [5.41, 5.74) is 7.13. The molecule has 0 spiro atoms. The lowest BCUT2D eigenvalue weighted by atomic mass is 10.2. The Hall–Kier alpha value is -1.73. The molecule has 8 heteroatoms. The van der Waals surface area contributed by atoms with Crippen LogP contribution in [0.25, 0.3) is 0 Å². The highest BCUT2D eigenvalue weighted by Gasteiger charge is 2.23. The number of hydrogen-bond acceptors (Lipinski definition) is 4. The molecule has 1 aliphatic heterocycles. The van der Waals surface area contributed by atoms with E-state index in [4.69, 9.17) is 34.3 Å². The summed E-state index contributed by atoms with van der Waals surface area (Å²) >= 11 is 11.1. The fraction of sp³-hybridized carbons (Fsp3) is 0.429. The lowest BCUT2D eigenvalue weighted by Crippen LogP contribution is -2.49. The molecular formula is C14H19ClN4O2S. The molecule has 1 aromatic rings. The molecule has 0 bridgehead atoms. The van der Waals surface area contributed by atoms with Crippen LogP contribution in [0.15, 0.2) is 18.2 Å². The number of carbonyl (C=O) groups excluding carboxylic acids is 1. The predicted octanol–water partition coefficient (Wildman–Crippen LogP) is 2.27. The minimum absolute atomic E-state index is 0.201. The molecule has 0 saturated carbocycles. The zero-order valence-corrected chi connectivity index (χ0v) is 13.9. The molecule has 2 rings (SSSR count). The standard InChI is InChI=1S/C14H19ClN4O2S/c1-2-21-14(20)19-7-5-18(6-8-19)12-4-3-10(9-11(12)15)17-13(16)22/h3-4,9H,2,5-8H2,1H3,(H3,16,17,22). The Labute approximate surface area is 140 Å². The Morgan fingerprint density at radius 1 is 1.41 bits per heavy atom. The van der Waals surface area contributed by atoms with Gasteiger partial charge in [-0.05, 0) is 37.3 Å². The Balaban J connectivity index is 1.99. The number of piperazine rings is 1. The number of nitrogens with two attached hydrogens (primary N) is 1. The smallest absolute Gasteiger partial charge is 0.409 e. The Morgan fingerprint density at radius 3 is 2.64 bits per heavy atom. The molecule has 0 unspecified atom stereocenters. The molecule has 1 aliphatic rings. The van der Waals surface area contributed by atoms with E-state index in [1.165, 1.54) is 0 Å². The zero-order chi connectivity index (χ0) is 16.1. The van der Waals surface area contributed by atoms with Gasteiger partial charge in [-0.25, -0.2) is 4.79 Å². The first-order chi connectivity index (χ1) is 10.5. The third kappa shape index (κ3) is 4.14. The SMILES string of the molecule is CCOC(=O)N1CCN(c2ccc(NC(N)=S)cc2Cl)CC1. The molecule has 1 amide bonds. The largest absolute Gasteiger partial charge is 0.450 e. The third-order valence-corrected chi connectivity index (χ3v) is 3.77. The maximum atomic E-state index is 11.7. The van der Waals surface area contributed by atoms with Gasteiger partial charge in [-0.3, -0.25) is 0 Å². The van der Waals surface area contributed by atoms with Crippen LogP contribution in [-0.4, -0.2) is 48.9 Å². The fourth-order valence-corrected chi connectivity index (χ4v) is 2.75. The van der Waals surface area contributed by atoms with Crippen LogP contribution in [-0.2, 0) is 4.74 Å². The molecule has 6 nitrogen and oxygen atoms in total. The molecule has 1 aromatic carbocycles. The normalized spacial score (nSPS) is 14.6.